The van der Waals surface area contributed by atoms with Crippen molar-refractivity contribution in [1.29, 1.82) is 0 Å². The average Bonchev–Trinajstić information content (AvgIpc) is 2.44. The van der Waals surface area contributed by atoms with Crippen molar-refractivity contribution in [3.63, 3.8) is 0 Å². The van der Waals surface area contributed by atoms with Gasteiger partial charge in [0, 0.05) is 18.7 Å². The summed E-state index contributed by atoms with van der Waals surface area (Å²) in [5.74, 6) is 0.455. The molecule has 19 heavy (non-hydrogen) atoms. The molecular formula is C15H22ClFN2. The molecule has 106 valence electrons. The Balaban J connectivity index is 1.96. The molecule has 2 rings (SSSR count). The van der Waals surface area contributed by atoms with Gasteiger partial charge < -0.3 is 5.32 Å². The second kappa shape index (κ2) is 7.22. The molecule has 0 amide bonds. The van der Waals surface area contributed by atoms with Gasteiger partial charge in [0.25, 0.3) is 0 Å². The number of hydrogen-bond acceptors (Lipinski definition) is 2. The number of hydrogen-bond donors (Lipinski definition) is 1. The van der Waals surface area contributed by atoms with Crippen molar-refractivity contribution in [3.8, 4) is 0 Å². The van der Waals surface area contributed by atoms with Gasteiger partial charge in [0.05, 0.1) is 5.02 Å². The number of piperidine rings is 1. The van der Waals surface area contributed by atoms with Crippen molar-refractivity contribution < 1.29 is 4.39 Å². The molecule has 1 N–H and O–H groups in total. The van der Waals surface area contributed by atoms with E-state index in [1.807, 2.05) is 12.1 Å². The third kappa shape index (κ3) is 4.16. The third-order valence-corrected chi connectivity index (χ3v) is 4.14. The third-order valence-electron chi connectivity index (χ3n) is 3.85. The minimum absolute atomic E-state index is 0.218. The van der Waals surface area contributed by atoms with Crippen LogP contribution in [0.15, 0.2) is 18.2 Å². The Bertz CT molecular complexity index is 405. The highest BCUT2D eigenvalue weighted by atomic mass is 35.5. The number of nitrogens with one attached hydrogen (secondary N) is 1. The van der Waals surface area contributed by atoms with Crippen molar-refractivity contribution in [2.24, 2.45) is 5.92 Å². The molecule has 1 aliphatic heterocycles. The summed E-state index contributed by atoms with van der Waals surface area (Å²) in [6, 6.07) is 5.24. The zero-order valence-electron chi connectivity index (χ0n) is 11.5. The van der Waals surface area contributed by atoms with Crippen LogP contribution < -0.4 is 5.32 Å². The second-order valence-corrected chi connectivity index (χ2v) is 5.64. The highest BCUT2D eigenvalue weighted by Gasteiger charge is 2.17. The Kier molecular flexibility index (Phi) is 5.61. The first kappa shape index (κ1) is 14.8. The molecule has 2 nitrogen and oxygen atoms in total. The monoisotopic (exact) mass is 284 g/mol. The predicted octanol–water partition coefficient (Wildman–Crippen LogP) is 3.30. The van der Waals surface area contributed by atoms with Gasteiger partial charge in [0.15, 0.2) is 0 Å². The molecule has 0 spiro atoms. The standard InChI is InChI=1S/C15H22ClFN2/c1-2-19(10-12-6-8-18-9-7-12)11-13-4-3-5-14(16)15(13)17/h3-5,12,18H,2,6-11H2,1H3. The Labute approximate surface area is 119 Å². The molecule has 1 fully saturated rings. The van der Waals surface area contributed by atoms with E-state index in [4.69, 9.17) is 11.6 Å². The van der Waals surface area contributed by atoms with E-state index < -0.39 is 0 Å². The van der Waals surface area contributed by atoms with E-state index in [-0.39, 0.29) is 10.8 Å². The molecule has 0 radical (unpaired) electrons. The molecule has 0 atom stereocenters. The molecule has 1 saturated heterocycles. The number of nitrogens with zero attached hydrogens (tertiary/aromatic N) is 1. The molecule has 1 aliphatic rings. The van der Waals surface area contributed by atoms with E-state index in [9.17, 15) is 4.39 Å². The lowest BCUT2D eigenvalue weighted by atomic mass is 9.97. The summed E-state index contributed by atoms with van der Waals surface area (Å²) in [5, 5.41) is 3.59. The molecular weight excluding hydrogens is 263 g/mol. The van der Waals surface area contributed by atoms with Gasteiger partial charge in [-0.2, -0.15) is 0 Å². The predicted molar refractivity (Wildman–Crippen MR) is 78.0 cm³/mol. The van der Waals surface area contributed by atoms with Crippen LogP contribution in [0.3, 0.4) is 0 Å². The van der Waals surface area contributed by atoms with Crippen LogP contribution in [0.2, 0.25) is 5.02 Å². The van der Waals surface area contributed by atoms with E-state index in [0.29, 0.717) is 12.1 Å². The molecule has 0 saturated carbocycles. The van der Waals surface area contributed by atoms with Crippen molar-refractivity contribution in [3.05, 3.63) is 34.6 Å². The first-order valence-corrected chi connectivity index (χ1v) is 7.44. The maximum absolute atomic E-state index is 13.9. The smallest absolute Gasteiger partial charge is 0.146 e. The van der Waals surface area contributed by atoms with Crippen LogP contribution >= 0.6 is 11.6 Å². The molecule has 1 aromatic carbocycles. The SMILES string of the molecule is CCN(Cc1cccc(Cl)c1F)CC1CCNCC1. The summed E-state index contributed by atoms with van der Waals surface area (Å²) in [6.07, 6.45) is 2.43. The van der Waals surface area contributed by atoms with Crippen molar-refractivity contribution >= 4 is 11.6 Å². The van der Waals surface area contributed by atoms with Crippen LogP contribution in [0.5, 0.6) is 0 Å². The summed E-state index contributed by atoms with van der Waals surface area (Å²) < 4.78 is 13.9. The van der Waals surface area contributed by atoms with Crippen LogP contribution in [0.1, 0.15) is 25.3 Å². The highest BCUT2D eigenvalue weighted by molar-refractivity contribution is 6.30. The first-order chi connectivity index (χ1) is 9.20. The van der Waals surface area contributed by atoms with Gasteiger partial charge >= 0.3 is 0 Å². The summed E-state index contributed by atoms with van der Waals surface area (Å²) in [4.78, 5) is 2.31. The summed E-state index contributed by atoms with van der Waals surface area (Å²) in [7, 11) is 0. The minimum atomic E-state index is -0.270. The normalized spacial score (nSPS) is 17.1. The van der Waals surface area contributed by atoms with E-state index in [0.717, 1.165) is 32.1 Å². The fraction of sp³-hybridized carbons (Fsp3) is 0.600. The molecule has 0 unspecified atom stereocenters. The number of benzene rings is 1. The van der Waals surface area contributed by atoms with Gasteiger partial charge in [-0.05, 0) is 44.5 Å². The van der Waals surface area contributed by atoms with E-state index in [1.165, 1.54) is 12.8 Å². The van der Waals surface area contributed by atoms with E-state index in [2.05, 4.69) is 17.1 Å². The Morgan fingerprint density at radius 3 is 2.79 bits per heavy atom. The Hall–Kier alpha value is -0.640. The average molecular weight is 285 g/mol. The van der Waals surface area contributed by atoms with Crippen LogP contribution in [0.4, 0.5) is 4.39 Å². The Morgan fingerprint density at radius 2 is 2.11 bits per heavy atom. The molecule has 1 heterocycles. The van der Waals surface area contributed by atoms with Gasteiger partial charge in [-0.3, -0.25) is 4.90 Å². The number of rotatable bonds is 5. The van der Waals surface area contributed by atoms with Crippen molar-refractivity contribution in [2.75, 3.05) is 26.2 Å². The zero-order chi connectivity index (χ0) is 13.7. The fourth-order valence-corrected chi connectivity index (χ4v) is 2.84. The van der Waals surface area contributed by atoms with Gasteiger partial charge in [0.2, 0.25) is 0 Å². The largest absolute Gasteiger partial charge is 0.317 e. The van der Waals surface area contributed by atoms with Gasteiger partial charge in [-0.15, -0.1) is 0 Å². The number of halogens is 2. The lowest BCUT2D eigenvalue weighted by Gasteiger charge is -2.29. The maximum Gasteiger partial charge on any atom is 0.146 e. The molecule has 0 aliphatic carbocycles. The fourth-order valence-electron chi connectivity index (χ4n) is 2.65. The van der Waals surface area contributed by atoms with Crippen LogP contribution in [-0.2, 0) is 6.54 Å². The van der Waals surface area contributed by atoms with Gasteiger partial charge in [0.1, 0.15) is 5.82 Å². The van der Waals surface area contributed by atoms with Gasteiger partial charge in [-0.1, -0.05) is 30.7 Å². The van der Waals surface area contributed by atoms with E-state index in [1.54, 1.807) is 6.07 Å². The lowest BCUT2D eigenvalue weighted by Crippen LogP contribution is -2.36. The van der Waals surface area contributed by atoms with E-state index >= 15 is 0 Å². The lowest BCUT2D eigenvalue weighted by molar-refractivity contribution is 0.205. The second-order valence-electron chi connectivity index (χ2n) is 5.23. The molecule has 4 heteroatoms. The van der Waals surface area contributed by atoms with Crippen LogP contribution in [-0.4, -0.2) is 31.1 Å². The quantitative estimate of drug-likeness (QED) is 0.892. The summed E-state index contributed by atoms with van der Waals surface area (Å²) >= 11 is 5.83. The van der Waals surface area contributed by atoms with Gasteiger partial charge in [-0.25, -0.2) is 4.39 Å². The summed E-state index contributed by atoms with van der Waals surface area (Å²) in [5.41, 5.74) is 0.697. The molecule has 0 aromatic heterocycles. The topological polar surface area (TPSA) is 15.3 Å². The van der Waals surface area contributed by atoms with Crippen molar-refractivity contribution in [1.82, 2.24) is 10.2 Å². The van der Waals surface area contributed by atoms with Crippen LogP contribution in [0.25, 0.3) is 0 Å². The zero-order valence-corrected chi connectivity index (χ0v) is 12.2. The summed E-state index contributed by atoms with van der Waals surface area (Å²) in [6.45, 7) is 6.97. The van der Waals surface area contributed by atoms with Crippen molar-refractivity contribution in [2.45, 2.75) is 26.3 Å². The first-order valence-electron chi connectivity index (χ1n) is 7.06. The minimum Gasteiger partial charge on any atom is -0.317 e. The molecule has 1 aromatic rings. The maximum atomic E-state index is 13.9. The highest BCUT2D eigenvalue weighted by Crippen LogP contribution is 2.20. The Morgan fingerprint density at radius 1 is 1.37 bits per heavy atom. The van der Waals surface area contributed by atoms with Crippen LogP contribution in [0, 0.1) is 11.7 Å². The molecule has 0 bridgehead atoms.